The van der Waals surface area contributed by atoms with E-state index in [2.05, 4.69) is 106 Å². The molecule has 0 bridgehead atoms. The van der Waals surface area contributed by atoms with Gasteiger partial charge >= 0.3 is 17.9 Å². The van der Waals surface area contributed by atoms with E-state index in [4.69, 9.17) is 14.2 Å². The molecule has 0 rings (SSSR count). The van der Waals surface area contributed by atoms with E-state index in [1.807, 2.05) is 0 Å². The van der Waals surface area contributed by atoms with Crippen LogP contribution in [0.3, 0.4) is 0 Å². The van der Waals surface area contributed by atoms with Crippen LogP contribution in [0.5, 0.6) is 0 Å². The normalized spacial score (nSPS) is 12.6. The molecule has 0 aromatic carbocycles. The fourth-order valence-electron chi connectivity index (χ4n) is 8.91. The summed E-state index contributed by atoms with van der Waals surface area (Å²) < 4.78 is 16.9. The molecule has 0 spiro atoms. The molecule has 74 heavy (non-hydrogen) atoms. The molecule has 6 heteroatoms. The molecule has 0 saturated heterocycles. The Hall–Kier alpha value is -3.41. The lowest BCUT2D eigenvalue weighted by Gasteiger charge is -2.18. The molecule has 0 radical (unpaired) electrons. The fourth-order valence-corrected chi connectivity index (χ4v) is 8.91. The maximum Gasteiger partial charge on any atom is 0.306 e. The van der Waals surface area contributed by atoms with Crippen molar-refractivity contribution in [1.82, 2.24) is 0 Å². The Morgan fingerprint density at radius 2 is 0.527 bits per heavy atom. The van der Waals surface area contributed by atoms with Crippen molar-refractivity contribution >= 4 is 17.9 Å². The monoisotopic (exact) mass is 1030 g/mol. The van der Waals surface area contributed by atoms with Crippen LogP contribution in [0.2, 0.25) is 0 Å². The lowest BCUT2D eigenvalue weighted by Crippen LogP contribution is -2.30. The predicted octanol–water partition coefficient (Wildman–Crippen LogP) is 21.5. The Bertz CT molecular complexity index is 1420. The smallest absolute Gasteiger partial charge is 0.306 e. The summed E-state index contributed by atoms with van der Waals surface area (Å²) in [6.07, 6.45) is 81.5. The van der Waals surface area contributed by atoms with Gasteiger partial charge in [0.15, 0.2) is 6.10 Å². The summed E-state index contributed by atoms with van der Waals surface area (Å²) in [5.41, 5.74) is 0. The Morgan fingerprint density at radius 1 is 0.284 bits per heavy atom. The Morgan fingerprint density at radius 3 is 0.851 bits per heavy atom. The van der Waals surface area contributed by atoms with E-state index in [1.54, 1.807) is 0 Å². The predicted molar refractivity (Wildman–Crippen MR) is 321 cm³/mol. The second-order valence-corrected chi connectivity index (χ2v) is 20.9. The second-order valence-electron chi connectivity index (χ2n) is 20.9. The summed E-state index contributed by atoms with van der Waals surface area (Å²) in [6, 6.07) is 0. The highest BCUT2D eigenvalue weighted by Crippen LogP contribution is 2.16. The van der Waals surface area contributed by atoms with Gasteiger partial charge in [-0.2, -0.15) is 0 Å². The topological polar surface area (TPSA) is 78.9 Å². The van der Waals surface area contributed by atoms with Gasteiger partial charge in [-0.05, 0) is 96.3 Å². The minimum Gasteiger partial charge on any atom is -0.462 e. The number of ether oxygens (including phenoxy) is 3. The van der Waals surface area contributed by atoms with Gasteiger partial charge in [-0.15, -0.1) is 0 Å². The van der Waals surface area contributed by atoms with E-state index in [-0.39, 0.29) is 31.1 Å². The standard InChI is InChI=1S/C68H118O6/c1-4-7-10-13-16-19-22-25-27-29-30-31-32-33-34-35-36-37-38-39-41-43-46-49-52-55-58-61-67(70)73-64-65(63-72-66(69)60-57-54-51-48-45-42-24-21-18-15-12-9-6-3)74-68(71)62-59-56-53-50-47-44-40-28-26-23-20-17-14-11-8-5-2/h7,10,16,19,21,24-25,27,30-31,33-34,36-37,65H,4-6,8-9,11-15,17-18,20,22-23,26,28-29,32,35,38-64H2,1-3H3/b10-7-,19-16-,24-21-,27-25-,31-30-,34-33-,37-36-. The highest BCUT2D eigenvalue weighted by atomic mass is 16.6. The molecule has 1 atom stereocenters. The third kappa shape index (κ3) is 59.5. The van der Waals surface area contributed by atoms with Crippen LogP contribution in [0.1, 0.15) is 310 Å². The van der Waals surface area contributed by atoms with Gasteiger partial charge in [0.2, 0.25) is 0 Å². The highest BCUT2D eigenvalue weighted by Gasteiger charge is 2.19. The molecule has 0 aliphatic carbocycles. The van der Waals surface area contributed by atoms with Gasteiger partial charge in [-0.3, -0.25) is 14.4 Å². The van der Waals surface area contributed by atoms with Crippen LogP contribution in [0.15, 0.2) is 85.1 Å². The van der Waals surface area contributed by atoms with Crippen LogP contribution < -0.4 is 0 Å². The summed E-state index contributed by atoms with van der Waals surface area (Å²) >= 11 is 0. The summed E-state index contributed by atoms with van der Waals surface area (Å²) in [5, 5.41) is 0. The quantitative estimate of drug-likeness (QED) is 0.0261. The molecule has 1 unspecified atom stereocenters. The van der Waals surface area contributed by atoms with Crippen molar-refractivity contribution in [3.05, 3.63) is 85.1 Å². The second kappa shape index (κ2) is 62.1. The van der Waals surface area contributed by atoms with Gasteiger partial charge in [0.25, 0.3) is 0 Å². The molecule has 0 saturated carbocycles. The van der Waals surface area contributed by atoms with Gasteiger partial charge in [0.05, 0.1) is 0 Å². The number of carbonyl (C=O) groups is 3. The zero-order valence-electron chi connectivity index (χ0n) is 48.8. The lowest BCUT2D eigenvalue weighted by molar-refractivity contribution is -0.167. The van der Waals surface area contributed by atoms with Gasteiger partial charge < -0.3 is 14.2 Å². The van der Waals surface area contributed by atoms with Gasteiger partial charge in [0.1, 0.15) is 13.2 Å². The molecule has 0 amide bonds. The van der Waals surface area contributed by atoms with Crippen molar-refractivity contribution < 1.29 is 28.6 Å². The zero-order valence-corrected chi connectivity index (χ0v) is 48.8. The van der Waals surface area contributed by atoms with E-state index < -0.39 is 6.10 Å². The molecule has 426 valence electrons. The number of rotatable bonds is 57. The van der Waals surface area contributed by atoms with Crippen LogP contribution >= 0.6 is 0 Å². The molecule has 0 heterocycles. The first kappa shape index (κ1) is 70.6. The number of unbranched alkanes of at least 4 members (excludes halogenated alkanes) is 32. The molecule has 0 aliphatic heterocycles. The zero-order chi connectivity index (χ0) is 53.6. The molecular weight excluding hydrogens is 913 g/mol. The Labute approximate surface area is 458 Å². The summed E-state index contributed by atoms with van der Waals surface area (Å²) in [4.78, 5) is 38.3. The van der Waals surface area contributed by atoms with Crippen LogP contribution in [-0.2, 0) is 28.6 Å². The van der Waals surface area contributed by atoms with Crippen molar-refractivity contribution in [2.45, 2.75) is 316 Å². The third-order valence-corrected chi connectivity index (χ3v) is 13.6. The Kier molecular flexibility index (Phi) is 59.3. The molecule has 6 nitrogen and oxygen atoms in total. The van der Waals surface area contributed by atoms with Gasteiger partial charge in [0, 0.05) is 19.3 Å². The first-order valence-corrected chi connectivity index (χ1v) is 31.6. The summed E-state index contributed by atoms with van der Waals surface area (Å²) in [7, 11) is 0. The number of hydrogen-bond donors (Lipinski definition) is 0. The minimum absolute atomic E-state index is 0.0804. The van der Waals surface area contributed by atoms with Gasteiger partial charge in [-0.1, -0.05) is 279 Å². The number of carbonyl (C=O) groups excluding carboxylic acids is 3. The largest absolute Gasteiger partial charge is 0.462 e. The van der Waals surface area contributed by atoms with Crippen molar-refractivity contribution in [2.24, 2.45) is 0 Å². The molecule has 0 aromatic rings. The van der Waals surface area contributed by atoms with E-state index in [1.165, 1.54) is 161 Å². The maximum absolute atomic E-state index is 12.9. The summed E-state index contributed by atoms with van der Waals surface area (Å²) in [5.74, 6) is -0.884. The van der Waals surface area contributed by atoms with Crippen LogP contribution in [0, 0.1) is 0 Å². The van der Waals surface area contributed by atoms with E-state index >= 15 is 0 Å². The third-order valence-electron chi connectivity index (χ3n) is 13.6. The lowest BCUT2D eigenvalue weighted by atomic mass is 10.0. The number of hydrogen-bond acceptors (Lipinski definition) is 6. The molecule has 0 fully saturated rings. The van der Waals surface area contributed by atoms with Crippen molar-refractivity contribution in [2.75, 3.05) is 13.2 Å². The van der Waals surface area contributed by atoms with Crippen LogP contribution in [-0.4, -0.2) is 37.2 Å². The minimum atomic E-state index is -0.782. The highest BCUT2D eigenvalue weighted by molar-refractivity contribution is 5.71. The fraction of sp³-hybridized carbons (Fsp3) is 0.750. The van der Waals surface area contributed by atoms with Gasteiger partial charge in [-0.25, -0.2) is 0 Å². The molecule has 0 aliphatic rings. The average Bonchev–Trinajstić information content (AvgIpc) is 3.40. The van der Waals surface area contributed by atoms with E-state index in [0.717, 1.165) is 109 Å². The first-order chi connectivity index (χ1) is 36.5. The molecule has 0 N–H and O–H groups in total. The van der Waals surface area contributed by atoms with E-state index in [0.29, 0.717) is 19.3 Å². The molecular formula is C68H118O6. The first-order valence-electron chi connectivity index (χ1n) is 31.6. The Balaban J connectivity index is 4.31. The van der Waals surface area contributed by atoms with Crippen LogP contribution in [0.4, 0.5) is 0 Å². The molecule has 0 aromatic heterocycles. The summed E-state index contributed by atoms with van der Waals surface area (Å²) in [6.45, 7) is 6.53. The van der Waals surface area contributed by atoms with Crippen molar-refractivity contribution in [3.8, 4) is 0 Å². The number of esters is 3. The van der Waals surface area contributed by atoms with Crippen molar-refractivity contribution in [3.63, 3.8) is 0 Å². The average molecular weight is 1030 g/mol. The SMILES string of the molecule is CC/C=C\C/C=C\C/C=C\C/C=C\C/C=C\C/C=C\CCCCCCCCCCC(=O)OCC(COC(=O)CCCCCCC/C=C\CCCCCC)OC(=O)CCCCCCCCCCCCCCCCCC. The number of allylic oxidation sites excluding steroid dienone is 14. The van der Waals surface area contributed by atoms with E-state index in [9.17, 15) is 14.4 Å². The van der Waals surface area contributed by atoms with Crippen molar-refractivity contribution in [1.29, 1.82) is 0 Å². The van der Waals surface area contributed by atoms with Crippen LogP contribution in [0.25, 0.3) is 0 Å². The maximum atomic E-state index is 12.9.